The number of nitrogens with zero attached hydrogens (tertiary/aromatic N) is 1. The number of hydrogen-bond acceptors (Lipinski definition) is 4. The summed E-state index contributed by atoms with van der Waals surface area (Å²) in [6.07, 6.45) is 0. The average molecular weight is 253 g/mol. The molecule has 1 aliphatic rings. The lowest BCUT2D eigenvalue weighted by atomic mass is 10.1. The molecule has 0 saturated carbocycles. The highest BCUT2D eigenvalue weighted by molar-refractivity contribution is 5.80. The molecule has 1 aliphatic heterocycles. The number of nitrogens with one attached hydrogen (secondary N) is 1. The van der Waals surface area contributed by atoms with Crippen LogP contribution in [0.1, 0.15) is 5.56 Å². The van der Waals surface area contributed by atoms with Gasteiger partial charge in [-0.15, -0.1) is 0 Å². The van der Waals surface area contributed by atoms with Crippen LogP contribution in [0.15, 0.2) is 18.2 Å². The van der Waals surface area contributed by atoms with Crippen molar-refractivity contribution in [2.45, 2.75) is 12.6 Å². The monoisotopic (exact) mass is 253 g/mol. The van der Waals surface area contributed by atoms with Crippen LogP contribution in [0.2, 0.25) is 0 Å². The molecule has 4 N–H and O–H groups in total. The van der Waals surface area contributed by atoms with Crippen LogP contribution in [0.4, 0.5) is 4.39 Å². The lowest BCUT2D eigenvalue weighted by molar-refractivity contribution is -0.124. The first kappa shape index (κ1) is 12.8. The van der Waals surface area contributed by atoms with Crippen LogP contribution in [-0.4, -0.2) is 41.6 Å². The minimum atomic E-state index is -0.654. The van der Waals surface area contributed by atoms with Crippen molar-refractivity contribution < 1.29 is 14.3 Å². The van der Waals surface area contributed by atoms with Crippen LogP contribution in [0, 0.1) is 5.82 Å². The number of phenols is 1. The van der Waals surface area contributed by atoms with E-state index in [1.165, 1.54) is 12.1 Å². The topological polar surface area (TPSA) is 78.6 Å². The summed E-state index contributed by atoms with van der Waals surface area (Å²) in [5.41, 5.74) is 6.04. The Morgan fingerprint density at radius 2 is 2.39 bits per heavy atom. The van der Waals surface area contributed by atoms with E-state index in [0.29, 0.717) is 25.2 Å². The molecule has 0 spiro atoms. The number of piperazine rings is 1. The van der Waals surface area contributed by atoms with Crippen molar-refractivity contribution >= 4 is 5.91 Å². The minimum Gasteiger partial charge on any atom is -0.505 e. The van der Waals surface area contributed by atoms with Crippen LogP contribution in [-0.2, 0) is 11.3 Å². The zero-order valence-electron chi connectivity index (χ0n) is 9.90. The number of carbonyl (C=O) groups excluding carboxylic acids is 1. The number of primary amides is 1. The number of amides is 1. The second-order valence-electron chi connectivity index (χ2n) is 4.38. The summed E-state index contributed by atoms with van der Waals surface area (Å²) in [5, 5.41) is 12.2. The van der Waals surface area contributed by atoms with Crippen molar-refractivity contribution in [2.75, 3.05) is 19.6 Å². The Balaban J connectivity index is 2.10. The zero-order chi connectivity index (χ0) is 13.1. The Labute approximate surface area is 104 Å². The predicted octanol–water partition coefficient (Wildman–Crippen LogP) is -0.210. The summed E-state index contributed by atoms with van der Waals surface area (Å²) in [5.74, 6) is -1.41. The fourth-order valence-electron chi connectivity index (χ4n) is 2.10. The van der Waals surface area contributed by atoms with E-state index in [0.717, 1.165) is 6.54 Å². The summed E-state index contributed by atoms with van der Waals surface area (Å²) < 4.78 is 13.2. The lowest BCUT2D eigenvalue weighted by Crippen LogP contribution is -2.56. The molecule has 1 saturated heterocycles. The van der Waals surface area contributed by atoms with E-state index in [9.17, 15) is 9.18 Å². The van der Waals surface area contributed by atoms with Gasteiger partial charge < -0.3 is 16.2 Å². The van der Waals surface area contributed by atoms with E-state index in [4.69, 9.17) is 10.8 Å². The van der Waals surface area contributed by atoms with Crippen LogP contribution in [0.25, 0.3) is 0 Å². The third-order valence-corrected chi connectivity index (χ3v) is 3.08. The molecule has 1 amide bonds. The van der Waals surface area contributed by atoms with Gasteiger partial charge in [0.2, 0.25) is 5.91 Å². The molecule has 1 unspecified atom stereocenters. The van der Waals surface area contributed by atoms with E-state index in [1.807, 2.05) is 4.90 Å². The van der Waals surface area contributed by atoms with E-state index < -0.39 is 5.82 Å². The fraction of sp³-hybridized carbons (Fsp3) is 0.417. The van der Waals surface area contributed by atoms with Gasteiger partial charge in [-0.25, -0.2) is 4.39 Å². The summed E-state index contributed by atoms with van der Waals surface area (Å²) in [6.45, 7) is 2.39. The van der Waals surface area contributed by atoms with Crippen LogP contribution < -0.4 is 11.1 Å². The van der Waals surface area contributed by atoms with Gasteiger partial charge in [-0.05, 0) is 17.7 Å². The Bertz CT molecular complexity index is 453. The Morgan fingerprint density at radius 3 is 3.06 bits per heavy atom. The first-order valence-electron chi connectivity index (χ1n) is 5.79. The Hall–Kier alpha value is -1.66. The first-order chi connectivity index (χ1) is 8.58. The highest BCUT2D eigenvalue weighted by Gasteiger charge is 2.26. The maximum atomic E-state index is 13.2. The van der Waals surface area contributed by atoms with Gasteiger partial charge in [0, 0.05) is 26.2 Å². The van der Waals surface area contributed by atoms with E-state index in [-0.39, 0.29) is 17.7 Å². The molecule has 0 aliphatic carbocycles. The summed E-state index contributed by atoms with van der Waals surface area (Å²) in [6, 6.07) is 3.84. The number of rotatable bonds is 3. The molecule has 2 rings (SSSR count). The number of benzene rings is 1. The Morgan fingerprint density at radius 1 is 1.61 bits per heavy atom. The number of carbonyl (C=O) groups is 1. The zero-order valence-corrected chi connectivity index (χ0v) is 9.90. The van der Waals surface area contributed by atoms with Gasteiger partial charge in [-0.2, -0.15) is 0 Å². The average Bonchev–Trinajstić information content (AvgIpc) is 2.34. The summed E-state index contributed by atoms with van der Waals surface area (Å²) >= 11 is 0. The van der Waals surface area contributed by atoms with Crippen molar-refractivity contribution in [3.8, 4) is 5.75 Å². The Kier molecular flexibility index (Phi) is 3.78. The number of hydrogen-bond donors (Lipinski definition) is 3. The van der Waals surface area contributed by atoms with Crippen molar-refractivity contribution in [1.29, 1.82) is 0 Å². The van der Waals surface area contributed by atoms with Crippen molar-refractivity contribution in [3.63, 3.8) is 0 Å². The van der Waals surface area contributed by atoms with E-state index >= 15 is 0 Å². The molecule has 18 heavy (non-hydrogen) atoms. The van der Waals surface area contributed by atoms with Crippen molar-refractivity contribution in [1.82, 2.24) is 10.2 Å². The predicted molar refractivity (Wildman–Crippen MR) is 64.3 cm³/mol. The number of aromatic hydroxyl groups is 1. The fourth-order valence-corrected chi connectivity index (χ4v) is 2.10. The molecular weight excluding hydrogens is 237 g/mol. The third-order valence-electron chi connectivity index (χ3n) is 3.08. The molecule has 1 aromatic rings. The van der Waals surface area contributed by atoms with Crippen molar-refractivity contribution in [2.24, 2.45) is 5.73 Å². The normalized spacial score (nSPS) is 20.8. The molecule has 0 radical (unpaired) electrons. The largest absolute Gasteiger partial charge is 0.505 e. The first-order valence-corrected chi connectivity index (χ1v) is 5.79. The molecule has 98 valence electrons. The maximum absolute atomic E-state index is 13.2. The molecular formula is C12H16FN3O2. The van der Waals surface area contributed by atoms with Crippen LogP contribution in [0.5, 0.6) is 5.75 Å². The van der Waals surface area contributed by atoms with E-state index in [2.05, 4.69) is 5.32 Å². The minimum absolute atomic E-state index is 0.370. The second kappa shape index (κ2) is 5.32. The third kappa shape index (κ3) is 2.77. The highest BCUT2D eigenvalue weighted by Crippen LogP contribution is 2.18. The number of phenolic OH excluding ortho intramolecular Hbond substituents is 1. The van der Waals surface area contributed by atoms with Gasteiger partial charge in [0.1, 0.15) is 6.04 Å². The molecule has 1 aromatic carbocycles. The standard InChI is InChI=1S/C12H16FN3O2/c13-9-5-8(1-2-11(9)17)7-16-4-3-15-6-10(16)12(14)18/h1-2,5,10,15,17H,3-4,6-7H2,(H2,14,18). The van der Waals surface area contributed by atoms with Crippen molar-refractivity contribution in [3.05, 3.63) is 29.6 Å². The number of halogens is 1. The molecule has 1 fully saturated rings. The highest BCUT2D eigenvalue weighted by atomic mass is 19.1. The van der Waals surface area contributed by atoms with Gasteiger partial charge in [0.15, 0.2) is 11.6 Å². The molecule has 6 heteroatoms. The van der Waals surface area contributed by atoms with Crippen LogP contribution in [0.3, 0.4) is 0 Å². The SMILES string of the molecule is NC(=O)C1CNCCN1Cc1ccc(O)c(F)c1. The van der Waals surface area contributed by atoms with Gasteiger partial charge in [-0.1, -0.05) is 6.07 Å². The smallest absolute Gasteiger partial charge is 0.236 e. The quantitative estimate of drug-likeness (QED) is 0.696. The molecule has 1 atom stereocenters. The van der Waals surface area contributed by atoms with Gasteiger partial charge in [0.25, 0.3) is 0 Å². The van der Waals surface area contributed by atoms with Crippen LogP contribution >= 0.6 is 0 Å². The number of nitrogens with two attached hydrogens (primary N) is 1. The van der Waals surface area contributed by atoms with E-state index in [1.54, 1.807) is 6.07 Å². The lowest BCUT2D eigenvalue weighted by Gasteiger charge is -2.34. The summed E-state index contributed by atoms with van der Waals surface area (Å²) in [7, 11) is 0. The molecule has 1 heterocycles. The molecule has 0 bridgehead atoms. The maximum Gasteiger partial charge on any atom is 0.236 e. The summed E-state index contributed by atoms with van der Waals surface area (Å²) in [4.78, 5) is 13.2. The van der Waals surface area contributed by atoms with Gasteiger partial charge in [-0.3, -0.25) is 9.69 Å². The van der Waals surface area contributed by atoms with Gasteiger partial charge >= 0.3 is 0 Å². The molecule has 5 nitrogen and oxygen atoms in total. The second-order valence-corrected chi connectivity index (χ2v) is 4.38. The van der Waals surface area contributed by atoms with Gasteiger partial charge in [0.05, 0.1) is 0 Å². The molecule has 0 aromatic heterocycles.